The standard InChI is InChI=1S/C28H38N8O8/c1-28(2,3)44-27(42)34-14-12-33(13-15-34)22-10-7-11-35(22)25(40)24-30-32-36(31-24)17-21(37)20(16-23(38)39)29-26(41)43-18-19-8-5-4-6-9-19/h4-6,8-9,20,22H,7,10-18H2,1-3H3,(H,29,41)(H,38,39)/t20?,22-/m1/s1. The quantitative estimate of drug-likeness (QED) is 0.389. The fraction of sp³-hybridized carbons (Fsp3) is 0.571. The largest absolute Gasteiger partial charge is 0.481 e. The van der Waals surface area contributed by atoms with Crippen LogP contribution < -0.4 is 5.32 Å². The molecule has 44 heavy (non-hydrogen) atoms. The summed E-state index contributed by atoms with van der Waals surface area (Å²) in [5, 5.41) is 23.2. The van der Waals surface area contributed by atoms with E-state index in [0.29, 0.717) is 32.7 Å². The van der Waals surface area contributed by atoms with Gasteiger partial charge in [0.2, 0.25) is 0 Å². The Bertz CT molecular complexity index is 1340. The summed E-state index contributed by atoms with van der Waals surface area (Å²) >= 11 is 0. The molecule has 2 saturated heterocycles. The molecule has 1 aromatic carbocycles. The lowest BCUT2D eigenvalue weighted by Crippen LogP contribution is -2.56. The highest BCUT2D eigenvalue weighted by atomic mass is 16.6. The first-order chi connectivity index (χ1) is 20.9. The van der Waals surface area contributed by atoms with Gasteiger partial charge in [-0.25, -0.2) is 9.59 Å². The van der Waals surface area contributed by atoms with Crippen molar-refractivity contribution < 1.29 is 38.6 Å². The Balaban J connectivity index is 1.31. The average Bonchev–Trinajstić information content (AvgIpc) is 3.65. The number of nitrogens with zero attached hydrogens (tertiary/aromatic N) is 7. The van der Waals surface area contributed by atoms with Gasteiger partial charge in [0.15, 0.2) is 5.78 Å². The fourth-order valence-electron chi connectivity index (χ4n) is 5.00. The number of benzene rings is 1. The molecule has 0 radical (unpaired) electrons. The maximum Gasteiger partial charge on any atom is 0.410 e. The number of carbonyl (C=O) groups is 5. The van der Waals surface area contributed by atoms with E-state index in [4.69, 9.17) is 9.47 Å². The number of Topliss-reactive ketones (excluding diaryl/α,β-unsaturated/α-hetero) is 1. The van der Waals surface area contributed by atoms with Crippen LogP contribution >= 0.6 is 0 Å². The third-order valence-corrected chi connectivity index (χ3v) is 7.08. The van der Waals surface area contributed by atoms with Crippen molar-refractivity contribution >= 4 is 29.8 Å². The van der Waals surface area contributed by atoms with Crippen molar-refractivity contribution in [3.8, 4) is 0 Å². The summed E-state index contributed by atoms with van der Waals surface area (Å²) < 4.78 is 10.6. The van der Waals surface area contributed by atoms with Crippen LogP contribution in [0.1, 0.15) is 56.2 Å². The lowest BCUT2D eigenvalue weighted by molar-refractivity contribution is -0.139. The average molecular weight is 615 g/mol. The highest BCUT2D eigenvalue weighted by Gasteiger charge is 2.38. The van der Waals surface area contributed by atoms with E-state index in [-0.39, 0.29) is 24.7 Å². The van der Waals surface area contributed by atoms with Gasteiger partial charge in [0.1, 0.15) is 24.8 Å². The molecular formula is C28H38N8O8. The van der Waals surface area contributed by atoms with E-state index in [9.17, 15) is 29.1 Å². The zero-order chi connectivity index (χ0) is 31.9. The van der Waals surface area contributed by atoms with Crippen molar-refractivity contribution in [3.05, 3.63) is 41.7 Å². The van der Waals surface area contributed by atoms with E-state index >= 15 is 0 Å². The second-order valence-corrected chi connectivity index (χ2v) is 11.6. The first kappa shape index (κ1) is 32.3. The number of likely N-dealkylation sites (tertiary alicyclic amines) is 1. The van der Waals surface area contributed by atoms with Crippen LogP contribution in [-0.2, 0) is 32.2 Å². The molecule has 238 valence electrons. The fourth-order valence-corrected chi connectivity index (χ4v) is 5.00. The van der Waals surface area contributed by atoms with Crippen molar-refractivity contribution in [2.24, 2.45) is 0 Å². The van der Waals surface area contributed by atoms with Gasteiger partial charge in [-0.2, -0.15) is 4.80 Å². The summed E-state index contributed by atoms with van der Waals surface area (Å²) in [4.78, 5) is 68.6. The zero-order valence-corrected chi connectivity index (χ0v) is 25.0. The number of hydrogen-bond donors (Lipinski definition) is 2. The molecule has 0 saturated carbocycles. The SMILES string of the molecule is CC(C)(C)OC(=O)N1CCN([C@H]2CCCN2C(=O)c2nnn(CC(=O)C(CC(=O)O)NC(=O)OCc3ccccc3)n2)CC1. The summed E-state index contributed by atoms with van der Waals surface area (Å²) in [6.07, 6.45) is -0.690. The Morgan fingerprint density at radius 1 is 1.05 bits per heavy atom. The van der Waals surface area contributed by atoms with Gasteiger partial charge in [0, 0.05) is 32.7 Å². The van der Waals surface area contributed by atoms with E-state index in [0.717, 1.165) is 23.2 Å². The van der Waals surface area contributed by atoms with Crippen LogP contribution in [0.15, 0.2) is 30.3 Å². The molecule has 3 amide bonds. The minimum atomic E-state index is -1.41. The molecule has 2 fully saturated rings. The molecular weight excluding hydrogens is 576 g/mol. The van der Waals surface area contributed by atoms with Crippen molar-refractivity contribution in [2.45, 2.75) is 71.0 Å². The Morgan fingerprint density at radius 3 is 2.41 bits per heavy atom. The van der Waals surface area contributed by atoms with Crippen LogP contribution in [-0.4, -0.2) is 120 Å². The molecule has 2 aromatic rings. The maximum atomic E-state index is 13.3. The summed E-state index contributed by atoms with van der Waals surface area (Å²) in [6, 6.07) is 7.44. The summed E-state index contributed by atoms with van der Waals surface area (Å²) in [6.45, 7) is 7.42. The van der Waals surface area contributed by atoms with Crippen molar-refractivity contribution in [1.82, 2.24) is 40.2 Å². The number of carboxylic acid groups (broad SMARTS) is 1. The van der Waals surface area contributed by atoms with Crippen LogP contribution in [0.3, 0.4) is 0 Å². The normalized spacial score (nSPS) is 18.0. The summed E-state index contributed by atoms with van der Waals surface area (Å²) in [5.74, 6) is -2.67. The van der Waals surface area contributed by atoms with Gasteiger partial charge >= 0.3 is 18.2 Å². The molecule has 0 spiro atoms. The van der Waals surface area contributed by atoms with Gasteiger partial charge in [0.25, 0.3) is 11.7 Å². The van der Waals surface area contributed by atoms with Crippen LogP contribution in [0.2, 0.25) is 0 Å². The van der Waals surface area contributed by atoms with E-state index in [1.54, 1.807) is 34.1 Å². The highest BCUT2D eigenvalue weighted by molar-refractivity contribution is 5.91. The molecule has 0 bridgehead atoms. The molecule has 1 aromatic heterocycles. The predicted molar refractivity (Wildman–Crippen MR) is 152 cm³/mol. The number of piperazine rings is 1. The zero-order valence-electron chi connectivity index (χ0n) is 25.0. The van der Waals surface area contributed by atoms with Gasteiger partial charge in [-0.3, -0.25) is 19.3 Å². The predicted octanol–water partition coefficient (Wildman–Crippen LogP) is 1.13. The molecule has 2 N–H and O–H groups in total. The third kappa shape index (κ3) is 8.95. The van der Waals surface area contributed by atoms with Gasteiger partial charge in [-0.05, 0) is 44.4 Å². The second-order valence-electron chi connectivity index (χ2n) is 11.6. The van der Waals surface area contributed by atoms with E-state index in [1.807, 2.05) is 26.8 Å². The maximum absolute atomic E-state index is 13.3. The van der Waals surface area contributed by atoms with Crippen LogP contribution in [0, 0.1) is 0 Å². The number of hydrogen-bond acceptors (Lipinski definition) is 11. The Kier molecular flexibility index (Phi) is 10.5. The van der Waals surface area contributed by atoms with Crippen LogP contribution in [0.25, 0.3) is 0 Å². The number of alkyl carbamates (subject to hydrolysis) is 1. The first-order valence-electron chi connectivity index (χ1n) is 14.4. The van der Waals surface area contributed by atoms with Crippen molar-refractivity contribution in [2.75, 3.05) is 32.7 Å². The molecule has 16 nitrogen and oxygen atoms in total. The lowest BCUT2D eigenvalue weighted by Gasteiger charge is -2.40. The van der Waals surface area contributed by atoms with Gasteiger partial charge in [-0.1, -0.05) is 30.3 Å². The molecule has 16 heteroatoms. The molecule has 2 aliphatic rings. The number of ketones is 1. The minimum absolute atomic E-state index is 0.0618. The molecule has 1 unspecified atom stereocenters. The monoisotopic (exact) mass is 614 g/mol. The number of rotatable bonds is 10. The summed E-state index contributed by atoms with van der Waals surface area (Å²) in [5.41, 5.74) is 0.135. The first-order valence-corrected chi connectivity index (χ1v) is 14.4. The molecule has 2 aliphatic heterocycles. The number of tetrazole rings is 1. The van der Waals surface area contributed by atoms with Gasteiger partial charge in [-0.15, -0.1) is 10.2 Å². The Hall–Kier alpha value is -4.60. The van der Waals surface area contributed by atoms with E-state index in [1.165, 1.54) is 0 Å². The molecule has 2 atom stereocenters. The van der Waals surface area contributed by atoms with Crippen molar-refractivity contribution in [3.63, 3.8) is 0 Å². The van der Waals surface area contributed by atoms with E-state index < -0.39 is 48.4 Å². The van der Waals surface area contributed by atoms with Crippen LogP contribution in [0.4, 0.5) is 9.59 Å². The number of nitrogens with one attached hydrogen (secondary N) is 1. The summed E-state index contributed by atoms with van der Waals surface area (Å²) in [7, 11) is 0. The van der Waals surface area contributed by atoms with Gasteiger partial charge < -0.3 is 29.7 Å². The lowest BCUT2D eigenvalue weighted by atomic mass is 10.1. The Morgan fingerprint density at radius 2 is 1.75 bits per heavy atom. The van der Waals surface area contributed by atoms with Gasteiger partial charge in [0.05, 0.1) is 12.6 Å². The van der Waals surface area contributed by atoms with Crippen molar-refractivity contribution in [1.29, 1.82) is 0 Å². The minimum Gasteiger partial charge on any atom is -0.481 e. The Labute approximate surface area is 254 Å². The number of carboxylic acids is 1. The second kappa shape index (κ2) is 14.2. The number of amides is 3. The number of aromatic nitrogens is 4. The smallest absolute Gasteiger partial charge is 0.410 e. The van der Waals surface area contributed by atoms with E-state index in [2.05, 4.69) is 25.6 Å². The number of aliphatic carboxylic acids is 1. The molecule has 4 rings (SSSR count). The molecule has 0 aliphatic carbocycles. The highest BCUT2D eigenvalue weighted by Crippen LogP contribution is 2.24. The third-order valence-electron chi connectivity index (χ3n) is 7.08. The van der Waals surface area contributed by atoms with Crippen LogP contribution in [0.5, 0.6) is 0 Å². The topological polar surface area (TPSA) is 189 Å². The number of ether oxygens (including phenoxy) is 2. The molecule has 3 heterocycles. The number of carbonyl (C=O) groups excluding carboxylic acids is 4.